The first-order valence-corrected chi connectivity index (χ1v) is 3.79. The molecule has 0 atom stereocenters. The minimum atomic E-state index is -2.66. The fourth-order valence-electron chi connectivity index (χ4n) is 0.900. The topological polar surface area (TPSA) is 36.7 Å². The molecule has 0 amide bonds. The van der Waals surface area contributed by atoms with Gasteiger partial charge in [0.1, 0.15) is 11.8 Å². The van der Waals surface area contributed by atoms with E-state index in [0.29, 0.717) is 0 Å². The Morgan fingerprint density at radius 3 is 2.69 bits per heavy atom. The van der Waals surface area contributed by atoms with Crippen LogP contribution in [0.3, 0.4) is 0 Å². The Kier molecular flexibility index (Phi) is 2.79. The summed E-state index contributed by atoms with van der Waals surface area (Å²) in [6.45, 7) is 1.41. The summed E-state index contributed by atoms with van der Waals surface area (Å²) in [5.41, 5.74) is -0.0942. The monoisotopic (exact) mass is 202 g/mol. The summed E-state index contributed by atoms with van der Waals surface area (Å²) in [6.07, 6.45) is -1.61. The van der Waals surface area contributed by atoms with E-state index >= 15 is 0 Å². The van der Waals surface area contributed by atoms with Gasteiger partial charge in [0.15, 0.2) is 0 Å². The largest absolute Gasteiger partial charge is 0.280 e. The molecule has 0 aliphatic heterocycles. The van der Waals surface area contributed by atoms with E-state index in [0.717, 1.165) is 6.20 Å². The second-order valence-corrected chi connectivity index (χ2v) is 2.79. The smallest absolute Gasteiger partial charge is 0.254 e. The number of nitriles is 1. The van der Waals surface area contributed by atoms with Gasteiger partial charge in [0, 0.05) is 6.20 Å². The Morgan fingerprint density at radius 2 is 2.23 bits per heavy atom. The summed E-state index contributed by atoms with van der Waals surface area (Å²) in [5.74, 6) is 0. The van der Waals surface area contributed by atoms with E-state index in [2.05, 4.69) is 4.98 Å². The number of hydrogen-bond donors (Lipinski definition) is 0. The van der Waals surface area contributed by atoms with Crippen LogP contribution in [0, 0.1) is 18.3 Å². The summed E-state index contributed by atoms with van der Waals surface area (Å²) < 4.78 is 24.5. The molecule has 2 nitrogen and oxygen atoms in total. The molecule has 0 saturated carbocycles. The first kappa shape index (κ1) is 9.87. The average Bonchev–Trinajstić information content (AvgIpc) is 2.09. The zero-order valence-corrected chi connectivity index (χ0v) is 7.44. The summed E-state index contributed by atoms with van der Waals surface area (Å²) >= 11 is 5.65. The van der Waals surface area contributed by atoms with Crippen molar-refractivity contribution in [2.75, 3.05) is 0 Å². The predicted molar refractivity (Wildman–Crippen MR) is 43.7 cm³/mol. The van der Waals surface area contributed by atoms with Gasteiger partial charge in [-0.3, -0.25) is 4.98 Å². The number of alkyl halides is 2. The molecule has 0 aromatic carbocycles. The number of hydrogen-bond acceptors (Lipinski definition) is 2. The predicted octanol–water partition coefficient (Wildman–Crippen LogP) is 2.85. The van der Waals surface area contributed by atoms with Crippen LogP contribution < -0.4 is 0 Å². The van der Waals surface area contributed by atoms with Crippen LogP contribution in [-0.2, 0) is 0 Å². The molecule has 0 unspecified atom stereocenters. The van der Waals surface area contributed by atoms with Crippen molar-refractivity contribution in [1.29, 1.82) is 5.26 Å². The Labute approximate surface area is 78.8 Å². The lowest BCUT2D eigenvalue weighted by Gasteiger charge is -2.05. The van der Waals surface area contributed by atoms with E-state index in [1.165, 1.54) is 6.92 Å². The standard InChI is InChI=1S/C8H5ClF2N2/c1-4-6(9)5(2-12)3-13-7(4)8(10)11/h3,8H,1H3. The maximum absolute atomic E-state index is 12.2. The minimum Gasteiger partial charge on any atom is -0.254 e. The molecule has 5 heteroatoms. The van der Waals surface area contributed by atoms with E-state index in [4.69, 9.17) is 16.9 Å². The fraction of sp³-hybridized carbons (Fsp3) is 0.250. The lowest BCUT2D eigenvalue weighted by Crippen LogP contribution is -1.97. The maximum Gasteiger partial charge on any atom is 0.280 e. The summed E-state index contributed by atoms with van der Waals surface area (Å²) in [6, 6.07) is 1.76. The van der Waals surface area contributed by atoms with E-state index in [1.807, 2.05) is 0 Å². The van der Waals surface area contributed by atoms with Crippen molar-refractivity contribution in [3.8, 4) is 6.07 Å². The van der Waals surface area contributed by atoms with E-state index in [-0.39, 0.29) is 21.8 Å². The highest BCUT2D eigenvalue weighted by molar-refractivity contribution is 6.32. The molecule has 1 heterocycles. The van der Waals surface area contributed by atoms with Crippen molar-refractivity contribution in [3.05, 3.63) is 28.0 Å². The molecule has 0 fully saturated rings. The minimum absolute atomic E-state index is 0.0489. The van der Waals surface area contributed by atoms with Gasteiger partial charge >= 0.3 is 0 Å². The van der Waals surface area contributed by atoms with Crippen LogP contribution in [0.15, 0.2) is 6.20 Å². The number of aromatic nitrogens is 1. The lowest BCUT2D eigenvalue weighted by atomic mass is 10.1. The average molecular weight is 203 g/mol. The van der Waals surface area contributed by atoms with Gasteiger partial charge in [-0.25, -0.2) is 8.78 Å². The molecule has 0 spiro atoms. The van der Waals surface area contributed by atoms with Crippen molar-refractivity contribution in [1.82, 2.24) is 4.98 Å². The third-order valence-electron chi connectivity index (χ3n) is 1.61. The number of halogens is 3. The first-order chi connectivity index (χ1) is 6.07. The SMILES string of the molecule is Cc1c(C(F)F)ncc(C#N)c1Cl. The number of rotatable bonds is 1. The van der Waals surface area contributed by atoms with E-state index < -0.39 is 6.43 Å². The quantitative estimate of drug-likeness (QED) is 0.702. The van der Waals surface area contributed by atoms with Gasteiger partial charge in [0.2, 0.25) is 0 Å². The van der Waals surface area contributed by atoms with Crippen LogP contribution in [-0.4, -0.2) is 4.98 Å². The van der Waals surface area contributed by atoms with E-state index in [1.54, 1.807) is 6.07 Å². The van der Waals surface area contributed by atoms with Crippen molar-refractivity contribution in [3.63, 3.8) is 0 Å². The van der Waals surface area contributed by atoms with Crippen LogP contribution >= 0.6 is 11.6 Å². The molecule has 0 aliphatic rings. The molecular formula is C8H5ClF2N2. The molecule has 1 aromatic heterocycles. The first-order valence-electron chi connectivity index (χ1n) is 3.41. The van der Waals surface area contributed by atoms with Crippen LogP contribution in [0.2, 0.25) is 5.02 Å². The second kappa shape index (κ2) is 3.67. The second-order valence-electron chi connectivity index (χ2n) is 2.41. The van der Waals surface area contributed by atoms with E-state index in [9.17, 15) is 8.78 Å². The molecular weight excluding hydrogens is 198 g/mol. The third-order valence-corrected chi connectivity index (χ3v) is 2.10. The van der Waals surface area contributed by atoms with Crippen LogP contribution in [0.4, 0.5) is 8.78 Å². The van der Waals surface area contributed by atoms with Crippen molar-refractivity contribution >= 4 is 11.6 Å². The lowest BCUT2D eigenvalue weighted by molar-refractivity contribution is 0.145. The van der Waals surface area contributed by atoms with Gasteiger partial charge in [-0.2, -0.15) is 5.26 Å². The van der Waals surface area contributed by atoms with Crippen molar-refractivity contribution < 1.29 is 8.78 Å². The normalized spacial score (nSPS) is 10.2. The van der Waals surface area contributed by atoms with Gasteiger partial charge in [0.05, 0.1) is 10.6 Å². The maximum atomic E-state index is 12.2. The summed E-state index contributed by atoms with van der Waals surface area (Å²) in [4.78, 5) is 3.45. The molecule has 0 N–H and O–H groups in total. The summed E-state index contributed by atoms with van der Waals surface area (Å²) in [5, 5.41) is 8.56. The van der Waals surface area contributed by atoms with Crippen LogP contribution in [0.1, 0.15) is 23.2 Å². The number of pyridine rings is 1. The Morgan fingerprint density at radius 1 is 1.62 bits per heavy atom. The summed E-state index contributed by atoms with van der Waals surface area (Å²) in [7, 11) is 0. The highest BCUT2D eigenvalue weighted by Gasteiger charge is 2.16. The van der Waals surface area contributed by atoms with Gasteiger partial charge in [0.25, 0.3) is 6.43 Å². The molecule has 0 aliphatic carbocycles. The Bertz CT molecular complexity index is 371. The fourth-order valence-corrected chi connectivity index (χ4v) is 1.09. The molecule has 13 heavy (non-hydrogen) atoms. The molecule has 1 aromatic rings. The Hall–Kier alpha value is -1.21. The zero-order chi connectivity index (χ0) is 10.0. The molecule has 0 radical (unpaired) electrons. The van der Waals surface area contributed by atoms with Gasteiger partial charge < -0.3 is 0 Å². The highest BCUT2D eigenvalue weighted by atomic mass is 35.5. The molecule has 0 bridgehead atoms. The van der Waals surface area contributed by atoms with Crippen molar-refractivity contribution in [2.45, 2.75) is 13.3 Å². The molecule has 68 valence electrons. The van der Waals surface area contributed by atoms with Gasteiger partial charge in [-0.05, 0) is 12.5 Å². The van der Waals surface area contributed by atoms with Gasteiger partial charge in [-0.15, -0.1) is 0 Å². The Balaban J connectivity index is 3.33. The highest BCUT2D eigenvalue weighted by Crippen LogP contribution is 2.27. The zero-order valence-electron chi connectivity index (χ0n) is 6.68. The van der Waals surface area contributed by atoms with Crippen LogP contribution in [0.5, 0.6) is 0 Å². The number of nitrogens with zero attached hydrogens (tertiary/aromatic N) is 2. The molecule has 0 saturated heterocycles. The third kappa shape index (κ3) is 1.76. The van der Waals surface area contributed by atoms with Crippen LogP contribution in [0.25, 0.3) is 0 Å². The van der Waals surface area contributed by atoms with Gasteiger partial charge in [-0.1, -0.05) is 11.6 Å². The molecule has 1 rings (SSSR count). The van der Waals surface area contributed by atoms with Crippen molar-refractivity contribution in [2.24, 2.45) is 0 Å².